The molecule has 0 saturated heterocycles. The highest BCUT2D eigenvalue weighted by Gasteiger charge is 2.17. The number of benzene rings is 3. The van der Waals surface area contributed by atoms with E-state index in [1.807, 2.05) is 54.6 Å². The Morgan fingerprint density at radius 1 is 0.800 bits per heavy atom. The molecule has 0 N–H and O–H groups in total. The number of rotatable bonds is 14. The van der Waals surface area contributed by atoms with Gasteiger partial charge in [0.05, 0.1) is 12.2 Å². The molecule has 0 spiro atoms. The summed E-state index contributed by atoms with van der Waals surface area (Å²) in [4.78, 5) is 13.3. The molecular formula is C32H40O3. The van der Waals surface area contributed by atoms with Gasteiger partial charge >= 0.3 is 5.97 Å². The number of carbonyl (C=O) groups excluding carboxylic acids is 1. The van der Waals surface area contributed by atoms with Crippen molar-refractivity contribution in [2.45, 2.75) is 72.1 Å². The number of hydrogen-bond acceptors (Lipinski definition) is 3. The van der Waals surface area contributed by atoms with Crippen LogP contribution in [-0.2, 0) is 6.42 Å². The van der Waals surface area contributed by atoms with Gasteiger partial charge < -0.3 is 9.47 Å². The van der Waals surface area contributed by atoms with Gasteiger partial charge in [-0.2, -0.15) is 0 Å². The van der Waals surface area contributed by atoms with Gasteiger partial charge in [0, 0.05) is 0 Å². The molecule has 3 rings (SSSR count). The predicted octanol–water partition coefficient (Wildman–Crippen LogP) is 8.90. The molecule has 0 aliphatic heterocycles. The SMILES string of the molecule is CCCCCCCCOc1ccc(OC(=O)c2cc(CC(C)CC)ccc2-c2ccccc2)cc1. The summed E-state index contributed by atoms with van der Waals surface area (Å²) >= 11 is 0. The zero-order valence-electron chi connectivity index (χ0n) is 21.6. The van der Waals surface area contributed by atoms with E-state index in [-0.39, 0.29) is 5.97 Å². The average molecular weight is 473 g/mol. The molecule has 0 aromatic heterocycles. The first-order valence-corrected chi connectivity index (χ1v) is 13.2. The van der Waals surface area contributed by atoms with Gasteiger partial charge in [-0.3, -0.25) is 0 Å². The van der Waals surface area contributed by atoms with Crippen LogP contribution in [0, 0.1) is 5.92 Å². The van der Waals surface area contributed by atoms with Crippen LogP contribution in [0.4, 0.5) is 0 Å². The molecule has 3 heteroatoms. The van der Waals surface area contributed by atoms with Crippen molar-refractivity contribution in [2.24, 2.45) is 5.92 Å². The molecular weight excluding hydrogens is 432 g/mol. The van der Waals surface area contributed by atoms with Crippen molar-refractivity contribution >= 4 is 5.97 Å². The molecule has 1 unspecified atom stereocenters. The molecule has 35 heavy (non-hydrogen) atoms. The first kappa shape index (κ1) is 26.5. The van der Waals surface area contributed by atoms with Crippen LogP contribution >= 0.6 is 0 Å². The second-order valence-corrected chi connectivity index (χ2v) is 9.44. The first-order chi connectivity index (χ1) is 17.1. The van der Waals surface area contributed by atoms with Gasteiger partial charge in [0.1, 0.15) is 11.5 Å². The fraction of sp³-hybridized carbons (Fsp3) is 0.406. The molecule has 186 valence electrons. The predicted molar refractivity (Wildman–Crippen MR) is 145 cm³/mol. The number of carbonyl (C=O) groups is 1. The van der Waals surface area contributed by atoms with Crippen molar-refractivity contribution < 1.29 is 14.3 Å². The molecule has 3 nitrogen and oxygen atoms in total. The molecule has 1 atom stereocenters. The summed E-state index contributed by atoms with van der Waals surface area (Å²) in [6.07, 6.45) is 9.48. The zero-order valence-corrected chi connectivity index (χ0v) is 21.6. The summed E-state index contributed by atoms with van der Waals surface area (Å²) < 4.78 is 11.6. The maximum atomic E-state index is 13.3. The van der Waals surface area contributed by atoms with Crippen molar-refractivity contribution in [2.75, 3.05) is 6.61 Å². The quantitative estimate of drug-likeness (QED) is 0.133. The molecule has 0 aliphatic carbocycles. The van der Waals surface area contributed by atoms with Gasteiger partial charge in [-0.1, -0.05) is 102 Å². The number of hydrogen-bond donors (Lipinski definition) is 0. The number of unbranched alkanes of at least 4 members (excludes halogenated alkanes) is 5. The Morgan fingerprint density at radius 3 is 2.20 bits per heavy atom. The van der Waals surface area contributed by atoms with Crippen LogP contribution in [0.5, 0.6) is 11.5 Å². The molecule has 0 bridgehead atoms. The minimum absolute atomic E-state index is 0.337. The summed E-state index contributed by atoms with van der Waals surface area (Å²) in [7, 11) is 0. The monoisotopic (exact) mass is 472 g/mol. The van der Waals surface area contributed by atoms with Crippen molar-refractivity contribution in [3.05, 3.63) is 83.9 Å². The summed E-state index contributed by atoms with van der Waals surface area (Å²) in [5.41, 5.74) is 3.65. The van der Waals surface area contributed by atoms with Crippen LogP contribution in [-0.4, -0.2) is 12.6 Å². The average Bonchev–Trinajstić information content (AvgIpc) is 2.89. The minimum Gasteiger partial charge on any atom is -0.494 e. The lowest BCUT2D eigenvalue weighted by Gasteiger charge is -2.14. The fourth-order valence-corrected chi connectivity index (χ4v) is 4.14. The Bertz CT molecular complexity index is 1020. The molecule has 0 saturated carbocycles. The van der Waals surface area contributed by atoms with Gasteiger partial charge in [0.2, 0.25) is 0 Å². The van der Waals surface area contributed by atoms with Crippen molar-refractivity contribution in [3.63, 3.8) is 0 Å². The topological polar surface area (TPSA) is 35.5 Å². The third-order valence-corrected chi connectivity index (χ3v) is 6.47. The van der Waals surface area contributed by atoms with Crippen LogP contribution in [0.25, 0.3) is 11.1 Å². The summed E-state index contributed by atoms with van der Waals surface area (Å²) in [5, 5.41) is 0. The lowest BCUT2D eigenvalue weighted by Crippen LogP contribution is -2.11. The smallest absolute Gasteiger partial charge is 0.344 e. The van der Waals surface area contributed by atoms with E-state index >= 15 is 0 Å². The Balaban J connectivity index is 1.65. The maximum absolute atomic E-state index is 13.3. The normalized spacial score (nSPS) is 11.7. The number of esters is 1. The summed E-state index contributed by atoms with van der Waals surface area (Å²) in [5.74, 6) is 1.55. The van der Waals surface area contributed by atoms with E-state index in [1.54, 1.807) is 12.1 Å². The van der Waals surface area contributed by atoms with E-state index in [2.05, 4.69) is 26.8 Å². The molecule has 0 fully saturated rings. The first-order valence-electron chi connectivity index (χ1n) is 13.2. The Kier molecular flexibility index (Phi) is 10.9. The minimum atomic E-state index is -0.337. The standard InChI is InChI=1S/C32H40O3/c1-4-6-7-8-9-13-22-34-28-17-19-29(20-18-28)35-32(33)31-24-26(23-25(3)5-2)16-21-30(31)27-14-11-10-12-15-27/h10-12,14-21,24-25H,4-9,13,22-23H2,1-3H3. The van der Waals surface area contributed by atoms with Gasteiger partial charge in [0.15, 0.2) is 0 Å². The molecule has 0 radical (unpaired) electrons. The van der Waals surface area contributed by atoms with E-state index in [9.17, 15) is 4.79 Å². The van der Waals surface area contributed by atoms with Crippen LogP contribution in [0.15, 0.2) is 72.8 Å². The van der Waals surface area contributed by atoms with E-state index in [0.29, 0.717) is 23.8 Å². The second kappa shape index (κ2) is 14.4. The molecule has 0 amide bonds. The Hall–Kier alpha value is -3.07. The largest absolute Gasteiger partial charge is 0.494 e. The van der Waals surface area contributed by atoms with Crippen molar-refractivity contribution in [1.29, 1.82) is 0 Å². The maximum Gasteiger partial charge on any atom is 0.344 e. The van der Waals surface area contributed by atoms with Gasteiger partial charge in [-0.05, 0) is 65.8 Å². The van der Waals surface area contributed by atoms with Crippen molar-refractivity contribution in [3.8, 4) is 22.6 Å². The van der Waals surface area contributed by atoms with E-state index in [4.69, 9.17) is 9.47 Å². The van der Waals surface area contributed by atoms with E-state index in [0.717, 1.165) is 41.7 Å². The highest BCUT2D eigenvalue weighted by atomic mass is 16.5. The second-order valence-electron chi connectivity index (χ2n) is 9.44. The summed E-state index contributed by atoms with van der Waals surface area (Å²) in [6, 6.07) is 23.5. The fourth-order valence-electron chi connectivity index (χ4n) is 4.14. The lowest BCUT2D eigenvalue weighted by molar-refractivity contribution is 0.0735. The molecule has 3 aromatic carbocycles. The third kappa shape index (κ3) is 8.58. The van der Waals surface area contributed by atoms with Crippen LogP contribution in [0.3, 0.4) is 0 Å². The van der Waals surface area contributed by atoms with Gasteiger partial charge in [-0.15, -0.1) is 0 Å². The Morgan fingerprint density at radius 2 is 1.49 bits per heavy atom. The molecule has 0 heterocycles. The van der Waals surface area contributed by atoms with Crippen LogP contribution in [0.1, 0.15) is 81.6 Å². The van der Waals surface area contributed by atoms with E-state index < -0.39 is 0 Å². The van der Waals surface area contributed by atoms with Gasteiger partial charge in [0.25, 0.3) is 0 Å². The summed E-state index contributed by atoms with van der Waals surface area (Å²) in [6.45, 7) is 7.38. The Labute approximate surface area is 211 Å². The molecule has 3 aromatic rings. The molecule has 0 aliphatic rings. The zero-order chi connectivity index (χ0) is 24.9. The number of ether oxygens (including phenoxy) is 2. The van der Waals surface area contributed by atoms with Crippen LogP contribution < -0.4 is 9.47 Å². The van der Waals surface area contributed by atoms with Crippen LogP contribution in [0.2, 0.25) is 0 Å². The van der Waals surface area contributed by atoms with Gasteiger partial charge in [-0.25, -0.2) is 4.79 Å². The third-order valence-electron chi connectivity index (χ3n) is 6.47. The van der Waals surface area contributed by atoms with Crippen molar-refractivity contribution in [1.82, 2.24) is 0 Å². The van der Waals surface area contributed by atoms with E-state index in [1.165, 1.54) is 32.1 Å². The lowest BCUT2D eigenvalue weighted by atomic mass is 9.93. The highest BCUT2D eigenvalue weighted by Crippen LogP contribution is 2.28. The highest BCUT2D eigenvalue weighted by molar-refractivity contribution is 5.98.